The molecule has 0 radical (unpaired) electrons. The molecule has 1 aromatic carbocycles. The van der Waals surface area contributed by atoms with Crippen LogP contribution in [0.25, 0.3) is 0 Å². The van der Waals surface area contributed by atoms with Crippen LogP contribution in [0.5, 0.6) is 5.75 Å². The van der Waals surface area contributed by atoms with Gasteiger partial charge in [-0.1, -0.05) is 24.2 Å². The molecule has 0 aromatic heterocycles. The molecular formula is C13H19NO2S. The number of thioether (sulfide) groups is 1. The summed E-state index contributed by atoms with van der Waals surface area (Å²) in [6.07, 6.45) is 3.79. The molecule has 94 valence electrons. The highest BCUT2D eigenvalue weighted by atomic mass is 32.2. The minimum absolute atomic E-state index is 0.658. The zero-order chi connectivity index (χ0) is 12.5. The van der Waals surface area contributed by atoms with Gasteiger partial charge >= 0.3 is 0 Å². The monoisotopic (exact) mass is 253 g/mol. The summed E-state index contributed by atoms with van der Waals surface area (Å²) < 4.78 is 5.72. The molecule has 1 rings (SSSR count). The zero-order valence-corrected chi connectivity index (χ0v) is 11.2. The molecule has 0 aliphatic heterocycles. The Bertz CT molecular complexity index is 366. The third-order valence-electron chi connectivity index (χ3n) is 2.40. The van der Waals surface area contributed by atoms with Crippen molar-refractivity contribution in [3.8, 4) is 5.75 Å². The molecule has 0 saturated heterocycles. The Morgan fingerprint density at radius 1 is 1.41 bits per heavy atom. The van der Waals surface area contributed by atoms with Gasteiger partial charge in [-0.25, -0.2) is 0 Å². The van der Waals surface area contributed by atoms with Crippen molar-refractivity contribution in [2.75, 3.05) is 18.6 Å². The van der Waals surface area contributed by atoms with Gasteiger partial charge in [0.1, 0.15) is 5.75 Å². The highest BCUT2D eigenvalue weighted by molar-refractivity contribution is 7.98. The van der Waals surface area contributed by atoms with E-state index in [4.69, 9.17) is 9.94 Å². The normalized spacial score (nSPS) is 11.5. The largest absolute Gasteiger partial charge is 0.493 e. The Morgan fingerprint density at radius 2 is 2.18 bits per heavy atom. The number of para-hydroxylation sites is 1. The van der Waals surface area contributed by atoms with Crippen molar-refractivity contribution in [1.29, 1.82) is 0 Å². The third-order valence-corrected chi connectivity index (χ3v) is 3.10. The predicted octanol–water partition coefficient (Wildman–Crippen LogP) is 3.41. The van der Waals surface area contributed by atoms with E-state index in [9.17, 15) is 0 Å². The molecule has 1 aromatic rings. The number of benzene rings is 1. The highest BCUT2D eigenvalue weighted by Crippen LogP contribution is 2.20. The Balaban J connectivity index is 2.71. The summed E-state index contributed by atoms with van der Waals surface area (Å²) in [6, 6.07) is 7.68. The van der Waals surface area contributed by atoms with Gasteiger partial charge in [0.2, 0.25) is 0 Å². The fourth-order valence-electron chi connectivity index (χ4n) is 1.53. The second-order valence-corrected chi connectivity index (χ2v) is 4.58. The van der Waals surface area contributed by atoms with Crippen LogP contribution in [0.1, 0.15) is 25.3 Å². The first-order chi connectivity index (χ1) is 8.33. The van der Waals surface area contributed by atoms with Gasteiger partial charge in [-0.2, -0.15) is 11.8 Å². The van der Waals surface area contributed by atoms with Crippen LogP contribution in [-0.4, -0.2) is 29.5 Å². The average molecular weight is 253 g/mol. The zero-order valence-electron chi connectivity index (χ0n) is 10.3. The molecule has 17 heavy (non-hydrogen) atoms. The molecule has 0 atom stereocenters. The lowest BCUT2D eigenvalue weighted by Gasteiger charge is -2.11. The molecule has 0 saturated carbocycles. The van der Waals surface area contributed by atoms with Gasteiger partial charge in [0.15, 0.2) is 0 Å². The molecule has 0 spiro atoms. The van der Waals surface area contributed by atoms with E-state index in [2.05, 4.69) is 11.4 Å². The maximum Gasteiger partial charge on any atom is 0.128 e. The Morgan fingerprint density at radius 3 is 2.82 bits per heavy atom. The highest BCUT2D eigenvalue weighted by Gasteiger charge is 2.08. The average Bonchev–Trinajstić information content (AvgIpc) is 2.38. The van der Waals surface area contributed by atoms with E-state index in [-0.39, 0.29) is 0 Å². The minimum Gasteiger partial charge on any atom is -0.493 e. The maximum absolute atomic E-state index is 8.94. The Hall–Kier alpha value is -1.16. The molecule has 0 amide bonds. The van der Waals surface area contributed by atoms with Crippen molar-refractivity contribution in [2.24, 2.45) is 5.16 Å². The summed E-state index contributed by atoms with van der Waals surface area (Å²) in [6.45, 7) is 2.65. The number of hydrogen-bond donors (Lipinski definition) is 1. The van der Waals surface area contributed by atoms with Gasteiger partial charge in [0, 0.05) is 5.56 Å². The van der Waals surface area contributed by atoms with Gasteiger partial charge in [-0.05, 0) is 37.0 Å². The molecule has 0 aliphatic carbocycles. The van der Waals surface area contributed by atoms with E-state index in [0.29, 0.717) is 18.7 Å². The van der Waals surface area contributed by atoms with E-state index in [1.165, 1.54) is 0 Å². The van der Waals surface area contributed by atoms with Crippen molar-refractivity contribution < 1.29 is 9.94 Å². The smallest absolute Gasteiger partial charge is 0.128 e. The molecule has 0 unspecified atom stereocenters. The topological polar surface area (TPSA) is 41.8 Å². The van der Waals surface area contributed by atoms with Crippen LogP contribution in [0.4, 0.5) is 0 Å². The SMILES string of the molecule is CC/C(=N/O)c1ccccc1OCCCSC. The number of oxime groups is 1. The standard InChI is InChI=1S/C13H19NO2S/c1-3-12(14-15)11-7-4-5-8-13(11)16-9-6-10-17-2/h4-5,7-8,15H,3,6,9-10H2,1-2H3/b14-12-. The molecule has 0 aliphatic rings. The summed E-state index contributed by atoms with van der Waals surface area (Å²) in [5.74, 6) is 1.89. The molecular weight excluding hydrogens is 234 g/mol. The summed E-state index contributed by atoms with van der Waals surface area (Å²) in [5.41, 5.74) is 1.53. The molecule has 0 fully saturated rings. The van der Waals surface area contributed by atoms with Gasteiger partial charge in [-0.3, -0.25) is 0 Å². The third kappa shape index (κ3) is 4.30. The first-order valence-corrected chi connectivity index (χ1v) is 7.15. The summed E-state index contributed by atoms with van der Waals surface area (Å²) in [4.78, 5) is 0. The fourth-order valence-corrected chi connectivity index (χ4v) is 1.94. The quantitative estimate of drug-likeness (QED) is 0.350. The van der Waals surface area contributed by atoms with Crippen LogP contribution in [-0.2, 0) is 0 Å². The molecule has 1 N–H and O–H groups in total. The van der Waals surface area contributed by atoms with E-state index >= 15 is 0 Å². The number of hydrogen-bond acceptors (Lipinski definition) is 4. The number of ether oxygens (including phenoxy) is 1. The number of rotatable bonds is 7. The first-order valence-electron chi connectivity index (χ1n) is 5.75. The molecule has 4 heteroatoms. The van der Waals surface area contributed by atoms with E-state index in [1.807, 2.05) is 43.0 Å². The Labute approximate surface area is 107 Å². The minimum atomic E-state index is 0.658. The van der Waals surface area contributed by atoms with Crippen LogP contribution >= 0.6 is 11.8 Å². The summed E-state index contributed by atoms with van der Waals surface area (Å²) >= 11 is 1.81. The molecule has 3 nitrogen and oxygen atoms in total. The predicted molar refractivity (Wildman–Crippen MR) is 73.6 cm³/mol. The van der Waals surface area contributed by atoms with Crippen LogP contribution in [0, 0.1) is 0 Å². The first kappa shape index (κ1) is 13.9. The van der Waals surface area contributed by atoms with E-state index in [0.717, 1.165) is 23.5 Å². The lowest BCUT2D eigenvalue weighted by molar-refractivity contribution is 0.312. The van der Waals surface area contributed by atoms with Crippen LogP contribution < -0.4 is 4.74 Å². The lowest BCUT2D eigenvalue weighted by Crippen LogP contribution is -2.05. The van der Waals surface area contributed by atoms with Crippen molar-refractivity contribution in [3.05, 3.63) is 29.8 Å². The summed E-state index contributed by atoms with van der Waals surface area (Å²) in [7, 11) is 0. The van der Waals surface area contributed by atoms with Gasteiger partial charge in [0.25, 0.3) is 0 Å². The van der Waals surface area contributed by atoms with Crippen LogP contribution in [0.15, 0.2) is 29.4 Å². The van der Waals surface area contributed by atoms with Crippen molar-refractivity contribution in [2.45, 2.75) is 19.8 Å². The van der Waals surface area contributed by atoms with Crippen molar-refractivity contribution >= 4 is 17.5 Å². The lowest BCUT2D eigenvalue weighted by atomic mass is 10.1. The Kier molecular flexibility index (Phi) is 6.55. The van der Waals surface area contributed by atoms with Crippen LogP contribution in [0.2, 0.25) is 0 Å². The van der Waals surface area contributed by atoms with Gasteiger partial charge in [-0.15, -0.1) is 0 Å². The van der Waals surface area contributed by atoms with E-state index < -0.39 is 0 Å². The van der Waals surface area contributed by atoms with Crippen molar-refractivity contribution in [1.82, 2.24) is 0 Å². The van der Waals surface area contributed by atoms with Crippen molar-refractivity contribution in [3.63, 3.8) is 0 Å². The van der Waals surface area contributed by atoms with Gasteiger partial charge < -0.3 is 9.94 Å². The molecule has 0 bridgehead atoms. The van der Waals surface area contributed by atoms with Crippen LogP contribution in [0.3, 0.4) is 0 Å². The second kappa shape index (κ2) is 8.01. The van der Waals surface area contributed by atoms with Gasteiger partial charge in [0.05, 0.1) is 12.3 Å². The molecule has 0 heterocycles. The number of nitrogens with zero attached hydrogens (tertiary/aromatic N) is 1. The van der Waals surface area contributed by atoms with E-state index in [1.54, 1.807) is 0 Å². The summed E-state index contributed by atoms with van der Waals surface area (Å²) in [5, 5.41) is 12.3. The fraction of sp³-hybridized carbons (Fsp3) is 0.462. The maximum atomic E-state index is 8.94. The second-order valence-electron chi connectivity index (χ2n) is 3.59.